The Morgan fingerprint density at radius 1 is 0.846 bits per heavy atom. The third-order valence-corrected chi connectivity index (χ3v) is 14.8. The second-order valence-electron chi connectivity index (χ2n) is 17.9. The van der Waals surface area contributed by atoms with Gasteiger partial charge in [0.1, 0.15) is 5.75 Å². The molecular formula is C44H73N5O3. The standard InChI is InChI=1S/C44H73N5O3/c1-31(2)49-40-36(30-46-49)38(44(27-21-15-11-8-12-16-22-28-44)39(48-40)34-23-17-18-24-37(34)52-5)42(51)45-29-35-32(3)43(33(4)47-41(35)50)25-19-13-9-6-7-10-14-20-26-43/h17-18,23-24,31-33,35-36,38-40,46,48H,6-16,19-22,25-30H2,1-5H3,(H,45,51)(H,47,50). The molecule has 7 atom stereocenters. The van der Waals surface area contributed by atoms with Crippen LogP contribution in [0.2, 0.25) is 0 Å². The number of rotatable bonds is 6. The van der Waals surface area contributed by atoms with Crippen LogP contribution in [-0.4, -0.2) is 55.3 Å². The number of fused-ring (bicyclic) bond motifs is 1. The Hall–Kier alpha value is -2.16. The largest absolute Gasteiger partial charge is 0.496 e. The van der Waals surface area contributed by atoms with E-state index in [2.05, 4.69) is 78.3 Å². The Balaban J connectivity index is 1.34. The first-order valence-corrected chi connectivity index (χ1v) is 21.7. The molecule has 8 heteroatoms. The molecule has 6 rings (SSSR count). The van der Waals surface area contributed by atoms with Crippen molar-refractivity contribution in [3.63, 3.8) is 0 Å². The number of nitrogens with zero attached hydrogens (tertiary/aromatic N) is 1. The van der Waals surface area contributed by atoms with Crippen molar-refractivity contribution in [1.82, 2.24) is 26.4 Å². The van der Waals surface area contributed by atoms with Gasteiger partial charge in [0.2, 0.25) is 11.8 Å². The number of hydrazine groups is 1. The van der Waals surface area contributed by atoms with Crippen molar-refractivity contribution >= 4 is 11.8 Å². The Bertz CT molecular complexity index is 1300. The normalized spacial score (nSPS) is 33.5. The molecule has 0 bridgehead atoms. The summed E-state index contributed by atoms with van der Waals surface area (Å²) in [5.74, 6) is 1.07. The number of ether oxygens (including phenoxy) is 1. The lowest BCUT2D eigenvalue weighted by atomic mass is 9.55. The summed E-state index contributed by atoms with van der Waals surface area (Å²) in [4.78, 5) is 29.3. The number of amides is 2. The van der Waals surface area contributed by atoms with Crippen molar-refractivity contribution in [2.75, 3.05) is 20.2 Å². The number of piperidine rings is 2. The average molecular weight is 720 g/mol. The summed E-state index contributed by atoms with van der Waals surface area (Å²) in [6, 6.07) is 8.89. The van der Waals surface area contributed by atoms with Crippen LogP contribution in [0.25, 0.3) is 0 Å². The number of nitrogens with one attached hydrogen (secondary N) is 4. The predicted octanol–water partition coefficient (Wildman–Crippen LogP) is 8.43. The van der Waals surface area contributed by atoms with E-state index in [9.17, 15) is 4.79 Å². The van der Waals surface area contributed by atoms with Crippen LogP contribution >= 0.6 is 0 Å². The van der Waals surface area contributed by atoms with Gasteiger partial charge in [-0.15, -0.1) is 0 Å². The molecule has 0 aromatic heterocycles. The summed E-state index contributed by atoms with van der Waals surface area (Å²) < 4.78 is 6.05. The van der Waals surface area contributed by atoms with Crippen LogP contribution in [0.1, 0.15) is 161 Å². The van der Waals surface area contributed by atoms with Crippen LogP contribution < -0.4 is 26.1 Å². The maximum atomic E-state index is 15.3. The molecule has 2 amide bonds. The van der Waals surface area contributed by atoms with E-state index in [-0.39, 0.29) is 70.6 Å². The van der Waals surface area contributed by atoms with Gasteiger partial charge in [-0.05, 0) is 63.9 Å². The predicted molar refractivity (Wildman–Crippen MR) is 210 cm³/mol. The van der Waals surface area contributed by atoms with E-state index in [1.807, 2.05) is 0 Å². The molecule has 4 N–H and O–H groups in total. The molecule has 1 aromatic rings. The van der Waals surface area contributed by atoms with E-state index >= 15 is 4.79 Å². The fourth-order valence-corrected chi connectivity index (χ4v) is 11.9. The third-order valence-electron chi connectivity index (χ3n) is 14.8. The second-order valence-corrected chi connectivity index (χ2v) is 17.9. The summed E-state index contributed by atoms with van der Waals surface area (Å²) >= 11 is 0. The molecule has 0 radical (unpaired) electrons. The number of carbonyl (C=O) groups is 2. The highest BCUT2D eigenvalue weighted by atomic mass is 16.5. The van der Waals surface area contributed by atoms with Gasteiger partial charge >= 0.3 is 0 Å². The Morgan fingerprint density at radius 3 is 1.94 bits per heavy atom. The minimum absolute atomic E-state index is 0.0136. The van der Waals surface area contributed by atoms with Gasteiger partial charge in [0, 0.05) is 48.1 Å². The van der Waals surface area contributed by atoms with E-state index < -0.39 is 0 Å². The average Bonchev–Trinajstić information content (AvgIpc) is 3.54. The topological polar surface area (TPSA) is 94.7 Å². The molecule has 5 fully saturated rings. The lowest BCUT2D eigenvalue weighted by Gasteiger charge is -2.56. The van der Waals surface area contributed by atoms with Crippen molar-refractivity contribution in [2.24, 2.45) is 34.5 Å². The summed E-state index contributed by atoms with van der Waals surface area (Å²) in [5, 5.41) is 13.6. The summed E-state index contributed by atoms with van der Waals surface area (Å²) in [6.07, 6.45) is 23.2. The zero-order valence-electron chi connectivity index (χ0n) is 33.4. The van der Waals surface area contributed by atoms with Crippen molar-refractivity contribution in [3.05, 3.63) is 29.8 Å². The van der Waals surface area contributed by atoms with E-state index in [1.54, 1.807) is 7.11 Å². The van der Waals surface area contributed by atoms with Crippen LogP contribution in [0.15, 0.2) is 24.3 Å². The van der Waals surface area contributed by atoms with Gasteiger partial charge in [-0.1, -0.05) is 121 Å². The highest BCUT2D eigenvalue weighted by molar-refractivity contribution is 5.84. The Kier molecular flexibility index (Phi) is 13.7. The molecular weight excluding hydrogens is 647 g/mol. The number of methoxy groups -OCH3 is 1. The highest BCUT2D eigenvalue weighted by Gasteiger charge is 2.60. The fraction of sp³-hybridized carbons (Fsp3) is 0.818. The number of benzene rings is 1. The molecule has 292 valence electrons. The lowest BCUT2D eigenvalue weighted by Crippen LogP contribution is -2.65. The molecule has 2 aliphatic carbocycles. The first-order valence-electron chi connectivity index (χ1n) is 21.7. The van der Waals surface area contributed by atoms with Crippen molar-refractivity contribution in [3.8, 4) is 5.75 Å². The molecule has 5 aliphatic rings. The van der Waals surface area contributed by atoms with Gasteiger partial charge in [-0.3, -0.25) is 20.3 Å². The zero-order valence-corrected chi connectivity index (χ0v) is 33.4. The van der Waals surface area contributed by atoms with E-state index in [4.69, 9.17) is 4.74 Å². The Morgan fingerprint density at radius 2 is 1.38 bits per heavy atom. The molecule has 2 saturated carbocycles. The molecule has 52 heavy (non-hydrogen) atoms. The first kappa shape index (κ1) is 39.5. The number of hydrogen-bond acceptors (Lipinski definition) is 6. The van der Waals surface area contributed by atoms with Crippen LogP contribution in [-0.2, 0) is 9.59 Å². The van der Waals surface area contributed by atoms with Gasteiger partial charge in [0.15, 0.2) is 0 Å². The summed E-state index contributed by atoms with van der Waals surface area (Å²) in [6.45, 7) is 10.3. The third kappa shape index (κ3) is 8.10. The number of para-hydroxylation sites is 1. The summed E-state index contributed by atoms with van der Waals surface area (Å²) in [7, 11) is 1.77. The van der Waals surface area contributed by atoms with Crippen molar-refractivity contribution < 1.29 is 14.3 Å². The maximum absolute atomic E-state index is 15.3. The van der Waals surface area contributed by atoms with Gasteiger partial charge in [-0.25, -0.2) is 5.01 Å². The summed E-state index contributed by atoms with van der Waals surface area (Å²) in [5.41, 5.74) is 4.70. The highest BCUT2D eigenvalue weighted by Crippen LogP contribution is 2.58. The molecule has 3 aliphatic heterocycles. The SMILES string of the molecule is COc1ccccc1C1NC2C(CNN2C(C)C)C(C(=O)NCC2C(=O)NC(C)C3(CCCCCCCCCC3)C2C)C12CCCCCCCCC2. The number of hydrogen-bond donors (Lipinski definition) is 4. The fourth-order valence-electron chi connectivity index (χ4n) is 11.9. The second kappa shape index (κ2) is 18.0. The smallest absolute Gasteiger partial charge is 0.225 e. The Labute approximate surface area is 316 Å². The minimum Gasteiger partial charge on any atom is -0.496 e. The van der Waals surface area contributed by atoms with Gasteiger partial charge < -0.3 is 15.4 Å². The van der Waals surface area contributed by atoms with Crippen LogP contribution in [0.4, 0.5) is 0 Å². The van der Waals surface area contributed by atoms with E-state index in [0.717, 1.165) is 43.5 Å². The molecule has 7 unspecified atom stereocenters. The molecule has 3 saturated heterocycles. The molecule has 1 aromatic carbocycles. The van der Waals surface area contributed by atoms with Crippen LogP contribution in [0.3, 0.4) is 0 Å². The molecule has 8 nitrogen and oxygen atoms in total. The van der Waals surface area contributed by atoms with Gasteiger partial charge in [0.25, 0.3) is 0 Å². The monoisotopic (exact) mass is 720 g/mol. The van der Waals surface area contributed by atoms with Crippen molar-refractivity contribution in [1.29, 1.82) is 0 Å². The van der Waals surface area contributed by atoms with Gasteiger partial charge in [0.05, 0.1) is 25.1 Å². The minimum atomic E-state index is -0.281. The van der Waals surface area contributed by atoms with E-state index in [1.165, 1.54) is 96.3 Å². The zero-order chi connectivity index (χ0) is 36.7. The van der Waals surface area contributed by atoms with Gasteiger partial charge in [-0.2, -0.15) is 0 Å². The van der Waals surface area contributed by atoms with Crippen molar-refractivity contribution in [2.45, 2.75) is 174 Å². The molecule has 2 spiro atoms. The van der Waals surface area contributed by atoms with E-state index in [0.29, 0.717) is 6.54 Å². The quantitative estimate of drug-likeness (QED) is 0.236. The number of carbonyl (C=O) groups excluding carboxylic acids is 2. The maximum Gasteiger partial charge on any atom is 0.225 e. The van der Waals surface area contributed by atoms with Crippen LogP contribution in [0, 0.1) is 34.5 Å². The lowest BCUT2D eigenvalue weighted by molar-refractivity contribution is -0.144. The van der Waals surface area contributed by atoms with Crippen LogP contribution in [0.5, 0.6) is 5.75 Å². The molecule has 3 heterocycles. The first-order chi connectivity index (χ1) is 25.2.